The monoisotopic (exact) mass is 373 g/mol. The first-order chi connectivity index (χ1) is 11.1. The Morgan fingerprint density at radius 2 is 1.74 bits per heavy atom. The highest BCUT2D eigenvalue weighted by molar-refractivity contribution is 9.10. The van der Waals surface area contributed by atoms with E-state index in [1.807, 2.05) is 36.4 Å². The number of aromatic nitrogens is 1. The molecule has 23 heavy (non-hydrogen) atoms. The van der Waals surface area contributed by atoms with Crippen molar-refractivity contribution in [1.82, 2.24) is 4.98 Å². The lowest BCUT2D eigenvalue weighted by Crippen LogP contribution is -1.95. The quantitative estimate of drug-likeness (QED) is 0.667. The number of rotatable bonds is 4. The van der Waals surface area contributed by atoms with Crippen molar-refractivity contribution in [2.45, 2.75) is 6.92 Å². The van der Waals surface area contributed by atoms with Gasteiger partial charge in [0.1, 0.15) is 11.5 Å². The molecule has 0 aliphatic carbocycles. The fourth-order valence-electron chi connectivity index (χ4n) is 2.76. The van der Waals surface area contributed by atoms with Crippen LogP contribution in [-0.2, 0) is 0 Å². The van der Waals surface area contributed by atoms with Crippen molar-refractivity contribution in [1.29, 1.82) is 0 Å². The van der Waals surface area contributed by atoms with Crippen molar-refractivity contribution in [3.63, 3.8) is 0 Å². The van der Waals surface area contributed by atoms with E-state index >= 15 is 0 Å². The van der Waals surface area contributed by atoms with Crippen LogP contribution in [0.15, 0.2) is 40.9 Å². The Morgan fingerprint density at radius 3 is 2.30 bits per heavy atom. The number of H-pyrrole nitrogens is 1. The summed E-state index contributed by atoms with van der Waals surface area (Å²) in [6, 6.07) is 11.6. The Bertz CT molecular complexity index is 884. The third kappa shape index (κ3) is 2.51. The molecule has 0 amide bonds. The van der Waals surface area contributed by atoms with E-state index in [9.17, 15) is 4.79 Å². The van der Waals surface area contributed by atoms with Crippen LogP contribution >= 0.6 is 15.9 Å². The van der Waals surface area contributed by atoms with Crippen molar-refractivity contribution < 1.29 is 14.3 Å². The highest BCUT2D eigenvalue weighted by atomic mass is 79.9. The molecule has 0 saturated heterocycles. The predicted molar refractivity (Wildman–Crippen MR) is 94.5 cm³/mol. The van der Waals surface area contributed by atoms with E-state index < -0.39 is 0 Å². The zero-order chi connectivity index (χ0) is 16.6. The van der Waals surface area contributed by atoms with Crippen LogP contribution in [0.25, 0.3) is 22.0 Å². The Hall–Kier alpha value is -2.27. The molecule has 1 heterocycles. The number of aromatic amines is 1. The van der Waals surface area contributed by atoms with Gasteiger partial charge >= 0.3 is 0 Å². The van der Waals surface area contributed by atoms with Gasteiger partial charge in [0.05, 0.1) is 35.3 Å². The number of benzene rings is 2. The number of methoxy groups -OCH3 is 2. The summed E-state index contributed by atoms with van der Waals surface area (Å²) in [5, 5.41) is 0.858. The number of fused-ring (bicyclic) bond motifs is 1. The third-order valence-electron chi connectivity index (χ3n) is 3.80. The summed E-state index contributed by atoms with van der Waals surface area (Å²) in [6.07, 6.45) is 0. The van der Waals surface area contributed by atoms with Crippen molar-refractivity contribution >= 4 is 32.6 Å². The number of ketones is 1. The topological polar surface area (TPSA) is 51.3 Å². The minimum Gasteiger partial charge on any atom is -0.496 e. The van der Waals surface area contributed by atoms with Gasteiger partial charge < -0.3 is 14.5 Å². The molecule has 0 aliphatic rings. The van der Waals surface area contributed by atoms with Gasteiger partial charge in [0, 0.05) is 18.6 Å². The van der Waals surface area contributed by atoms with Gasteiger partial charge in [-0.2, -0.15) is 0 Å². The number of ether oxygens (including phenoxy) is 2. The minimum absolute atomic E-state index is 0.0343. The smallest absolute Gasteiger partial charge is 0.176 e. The van der Waals surface area contributed by atoms with Crippen LogP contribution in [0.1, 0.15) is 17.4 Å². The zero-order valence-electron chi connectivity index (χ0n) is 13.1. The van der Waals surface area contributed by atoms with E-state index in [1.165, 1.54) is 0 Å². The SMILES string of the molecule is COc1cc(OC)c2c(-c3ccccc3)c(C(C)=O)[nH]c2c1Br. The first kappa shape index (κ1) is 15.6. The molecule has 0 unspecified atom stereocenters. The van der Waals surface area contributed by atoms with Crippen molar-refractivity contribution in [3.8, 4) is 22.6 Å². The molecule has 0 aliphatic heterocycles. The van der Waals surface area contributed by atoms with Gasteiger partial charge in [-0.15, -0.1) is 0 Å². The molecule has 0 spiro atoms. The van der Waals surface area contributed by atoms with E-state index in [4.69, 9.17) is 9.47 Å². The standard InChI is InChI=1S/C18H16BrNO3/c1-10(21)17-14(11-7-5-4-6-8-11)15-12(22-2)9-13(23-3)16(19)18(15)20-17/h4-9,20H,1-3H3. The number of Topliss-reactive ketones (excluding diaryl/α,β-unsaturated/α-hetero) is 1. The van der Waals surface area contributed by atoms with E-state index in [2.05, 4.69) is 20.9 Å². The zero-order valence-corrected chi connectivity index (χ0v) is 14.7. The van der Waals surface area contributed by atoms with Crippen LogP contribution in [0.5, 0.6) is 11.5 Å². The van der Waals surface area contributed by atoms with Crippen LogP contribution < -0.4 is 9.47 Å². The average Bonchev–Trinajstić information content (AvgIpc) is 2.97. The molecular weight excluding hydrogens is 358 g/mol. The van der Waals surface area contributed by atoms with Gasteiger partial charge in [0.2, 0.25) is 0 Å². The van der Waals surface area contributed by atoms with Crippen LogP contribution in [0.2, 0.25) is 0 Å². The molecule has 3 rings (SSSR count). The first-order valence-corrected chi connectivity index (χ1v) is 7.90. The number of halogens is 1. The Labute approximate surface area is 142 Å². The summed E-state index contributed by atoms with van der Waals surface area (Å²) < 4.78 is 11.7. The Kier molecular flexibility index (Phi) is 4.13. The summed E-state index contributed by atoms with van der Waals surface area (Å²) in [7, 11) is 3.20. The van der Waals surface area contributed by atoms with E-state index in [0.29, 0.717) is 17.2 Å². The normalized spacial score (nSPS) is 10.8. The Morgan fingerprint density at radius 1 is 1.09 bits per heavy atom. The number of hydrogen-bond acceptors (Lipinski definition) is 3. The van der Waals surface area contributed by atoms with Crippen LogP contribution in [-0.4, -0.2) is 25.0 Å². The van der Waals surface area contributed by atoms with Gasteiger partial charge in [-0.3, -0.25) is 4.79 Å². The molecule has 0 atom stereocenters. The van der Waals surface area contributed by atoms with Crippen LogP contribution in [0, 0.1) is 0 Å². The molecule has 0 fully saturated rings. The molecule has 0 radical (unpaired) electrons. The van der Waals surface area contributed by atoms with E-state index in [0.717, 1.165) is 26.5 Å². The lowest BCUT2D eigenvalue weighted by Gasteiger charge is -2.10. The molecule has 118 valence electrons. The second-order valence-electron chi connectivity index (χ2n) is 5.14. The molecule has 3 aromatic rings. The predicted octanol–water partition coefficient (Wildman–Crippen LogP) is 4.82. The molecule has 1 aromatic heterocycles. The third-order valence-corrected chi connectivity index (χ3v) is 4.59. The Balaban J connectivity index is 2.48. The molecular formula is C18H16BrNO3. The van der Waals surface area contributed by atoms with Gasteiger partial charge in [-0.25, -0.2) is 0 Å². The maximum Gasteiger partial charge on any atom is 0.176 e. The summed E-state index contributed by atoms with van der Waals surface area (Å²) in [5.41, 5.74) is 3.14. The second kappa shape index (κ2) is 6.08. The lowest BCUT2D eigenvalue weighted by atomic mass is 10.00. The van der Waals surface area contributed by atoms with E-state index in [1.54, 1.807) is 21.1 Å². The van der Waals surface area contributed by atoms with Gasteiger partial charge in [-0.05, 0) is 21.5 Å². The van der Waals surface area contributed by atoms with Crippen molar-refractivity contribution in [3.05, 3.63) is 46.6 Å². The van der Waals surface area contributed by atoms with E-state index in [-0.39, 0.29) is 5.78 Å². The van der Waals surface area contributed by atoms with Gasteiger partial charge in [-0.1, -0.05) is 30.3 Å². The van der Waals surface area contributed by atoms with Crippen LogP contribution in [0.4, 0.5) is 0 Å². The average molecular weight is 374 g/mol. The molecule has 0 saturated carbocycles. The fraction of sp³-hybridized carbons (Fsp3) is 0.167. The maximum atomic E-state index is 12.2. The van der Waals surface area contributed by atoms with Crippen molar-refractivity contribution in [2.24, 2.45) is 0 Å². The van der Waals surface area contributed by atoms with Crippen LogP contribution in [0.3, 0.4) is 0 Å². The first-order valence-electron chi connectivity index (χ1n) is 7.11. The molecule has 1 N–H and O–H groups in total. The molecule has 0 bridgehead atoms. The van der Waals surface area contributed by atoms with Gasteiger partial charge in [0.25, 0.3) is 0 Å². The number of carbonyl (C=O) groups is 1. The molecule has 5 heteroatoms. The largest absolute Gasteiger partial charge is 0.496 e. The number of carbonyl (C=O) groups excluding carboxylic acids is 1. The van der Waals surface area contributed by atoms with Crippen molar-refractivity contribution in [2.75, 3.05) is 14.2 Å². The highest BCUT2D eigenvalue weighted by Gasteiger charge is 2.23. The second-order valence-corrected chi connectivity index (χ2v) is 5.94. The fourth-order valence-corrected chi connectivity index (χ4v) is 3.33. The highest BCUT2D eigenvalue weighted by Crippen LogP contribution is 2.45. The summed E-state index contributed by atoms with van der Waals surface area (Å²) in [6.45, 7) is 1.55. The van der Waals surface area contributed by atoms with Gasteiger partial charge in [0.15, 0.2) is 5.78 Å². The minimum atomic E-state index is -0.0343. The summed E-state index contributed by atoms with van der Waals surface area (Å²) >= 11 is 3.55. The number of hydrogen-bond donors (Lipinski definition) is 1. The number of nitrogens with one attached hydrogen (secondary N) is 1. The lowest BCUT2D eigenvalue weighted by molar-refractivity contribution is 0.101. The molecule has 2 aromatic carbocycles. The molecule has 4 nitrogen and oxygen atoms in total. The summed E-state index contributed by atoms with van der Waals surface area (Å²) in [4.78, 5) is 15.4. The summed E-state index contributed by atoms with van der Waals surface area (Å²) in [5.74, 6) is 1.26. The maximum absolute atomic E-state index is 12.2.